The third-order valence-corrected chi connectivity index (χ3v) is 2.07. The summed E-state index contributed by atoms with van der Waals surface area (Å²) >= 11 is 0. The maximum Gasteiger partial charge on any atom is 0.471 e. The molecule has 0 saturated carbocycles. The van der Waals surface area contributed by atoms with E-state index in [4.69, 9.17) is 5.11 Å². The third-order valence-electron chi connectivity index (χ3n) is 2.07. The Morgan fingerprint density at radius 3 is 2.29 bits per heavy atom. The molecule has 4 nitrogen and oxygen atoms in total. The summed E-state index contributed by atoms with van der Waals surface area (Å²) < 4.78 is 35.7. The van der Waals surface area contributed by atoms with Gasteiger partial charge >= 0.3 is 18.1 Å². The van der Waals surface area contributed by atoms with Gasteiger partial charge in [0.15, 0.2) is 0 Å². The summed E-state index contributed by atoms with van der Waals surface area (Å²) in [6.45, 7) is -0.497. The Morgan fingerprint density at radius 2 is 1.93 bits per heavy atom. The molecule has 80 valence electrons. The second-order valence-corrected chi connectivity index (χ2v) is 3.07. The summed E-state index contributed by atoms with van der Waals surface area (Å²) in [7, 11) is 0. The van der Waals surface area contributed by atoms with Crippen LogP contribution in [0.1, 0.15) is 6.42 Å². The lowest BCUT2D eigenvalue weighted by atomic mass is 10.1. The van der Waals surface area contributed by atoms with Gasteiger partial charge in [0.05, 0.1) is 5.92 Å². The molecule has 1 rings (SSSR count). The van der Waals surface area contributed by atoms with Crippen molar-refractivity contribution in [1.82, 2.24) is 4.90 Å². The fraction of sp³-hybridized carbons (Fsp3) is 0.714. The first-order valence-corrected chi connectivity index (χ1v) is 3.91. The van der Waals surface area contributed by atoms with Gasteiger partial charge < -0.3 is 10.0 Å². The zero-order valence-corrected chi connectivity index (χ0v) is 7.04. The van der Waals surface area contributed by atoms with Crippen molar-refractivity contribution in [2.75, 3.05) is 13.1 Å². The van der Waals surface area contributed by atoms with Crippen LogP contribution in [-0.2, 0) is 9.59 Å². The second kappa shape index (κ2) is 3.47. The van der Waals surface area contributed by atoms with Crippen LogP contribution >= 0.6 is 0 Å². The van der Waals surface area contributed by atoms with Gasteiger partial charge in [0.1, 0.15) is 0 Å². The van der Waals surface area contributed by atoms with Crippen LogP contribution in [0.25, 0.3) is 0 Å². The number of rotatable bonds is 1. The summed E-state index contributed by atoms with van der Waals surface area (Å²) in [5.74, 6) is -4.00. The van der Waals surface area contributed by atoms with Crippen LogP contribution in [0.15, 0.2) is 0 Å². The lowest BCUT2D eigenvalue weighted by molar-refractivity contribution is -0.184. The van der Waals surface area contributed by atoms with Crippen molar-refractivity contribution < 1.29 is 27.9 Å². The molecule has 0 aromatic rings. The number of amides is 1. The van der Waals surface area contributed by atoms with Crippen LogP contribution in [0.5, 0.6) is 0 Å². The predicted octanol–water partition coefficient (Wildman–Crippen LogP) is 0.482. The van der Waals surface area contributed by atoms with Gasteiger partial charge in [-0.2, -0.15) is 13.2 Å². The van der Waals surface area contributed by atoms with Crippen molar-refractivity contribution in [2.24, 2.45) is 5.92 Å². The van der Waals surface area contributed by atoms with E-state index >= 15 is 0 Å². The molecule has 0 spiro atoms. The average molecular weight is 211 g/mol. The first kappa shape index (κ1) is 10.8. The number of aliphatic carboxylic acids is 1. The van der Waals surface area contributed by atoms with E-state index in [1.54, 1.807) is 0 Å². The minimum atomic E-state index is -4.91. The van der Waals surface area contributed by atoms with Crippen molar-refractivity contribution in [2.45, 2.75) is 12.6 Å². The highest BCUT2D eigenvalue weighted by molar-refractivity contribution is 5.83. The largest absolute Gasteiger partial charge is 0.481 e. The molecule has 1 fully saturated rings. The average Bonchev–Trinajstić information content (AvgIpc) is 2.48. The van der Waals surface area contributed by atoms with Gasteiger partial charge in [-0.15, -0.1) is 0 Å². The Hall–Kier alpha value is -1.27. The van der Waals surface area contributed by atoms with Crippen LogP contribution in [-0.4, -0.2) is 41.1 Å². The van der Waals surface area contributed by atoms with Crippen molar-refractivity contribution in [3.8, 4) is 0 Å². The topological polar surface area (TPSA) is 57.6 Å². The molecule has 0 bridgehead atoms. The standard InChI is InChI=1S/C7H8F3NO3/c8-7(9,10)6(14)11-2-1-4(3-11)5(12)13/h4H,1-3H2,(H,12,13)/t4-/m1/s1. The number of nitrogens with zero attached hydrogens (tertiary/aromatic N) is 1. The Balaban J connectivity index is 2.59. The van der Waals surface area contributed by atoms with Crippen molar-refractivity contribution in [3.05, 3.63) is 0 Å². The van der Waals surface area contributed by atoms with Crippen LogP contribution in [0.2, 0.25) is 0 Å². The number of hydrogen-bond acceptors (Lipinski definition) is 2. The predicted molar refractivity (Wildman–Crippen MR) is 38.4 cm³/mol. The molecule has 0 unspecified atom stereocenters. The molecule has 7 heteroatoms. The number of halogens is 3. The lowest BCUT2D eigenvalue weighted by Gasteiger charge is -2.16. The Morgan fingerprint density at radius 1 is 1.36 bits per heavy atom. The zero-order chi connectivity index (χ0) is 10.9. The molecule has 1 atom stereocenters. The second-order valence-electron chi connectivity index (χ2n) is 3.07. The molecular formula is C7H8F3NO3. The molecule has 1 heterocycles. The SMILES string of the molecule is O=C(O)[C@@H]1CCN(C(=O)C(F)(F)F)C1. The third kappa shape index (κ3) is 2.15. The van der Waals surface area contributed by atoms with Gasteiger partial charge in [0.25, 0.3) is 0 Å². The summed E-state index contributed by atoms with van der Waals surface area (Å²) in [6.07, 6.45) is -4.83. The molecule has 0 radical (unpaired) electrons. The maximum absolute atomic E-state index is 11.9. The van der Waals surface area contributed by atoms with Gasteiger partial charge in [0, 0.05) is 13.1 Å². The molecule has 1 saturated heterocycles. The lowest BCUT2D eigenvalue weighted by Crippen LogP contribution is -2.40. The molecule has 1 aliphatic heterocycles. The molecule has 0 aliphatic carbocycles. The summed E-state index contributed by atoms with van der Waals surface area (Å²) in [5.41, 5.74) is 0. The number of carboxylic acids is 1. The van der Waals surface area contributed by atoms with Crippen LogP contribution in [0.4, 0.5) is 13.2 Å². The highest BCUT2D eigenvalue weighted by atomic mass is 19.4. The molecule has 1 amide bonds. The minimum Gasteiger partial charge on any atom is -0.481 e. The van der Waals surface area contributed by atoms with E-state index in [1.165, 1.54) is 0 Å². The van der Waals surface area contributed by atoms with E-state index in [0.29, 0.717) is 4.90 Å². The van der Waals surface area contributed by atoms with Crippen LogP contribution < -0.4 is 0 Å². The van der Waals surface area contributed by atoms with E-state index in [1.807, 2.05) is 0 Å². The monoisotopic (exact) mass is 211 g/mol. The van der Waals surface area contributed by atoms with Crippen molar-refractivity contribution >= 4 is 11.9 Å². The summed E-state index contributed by atoms with van der Waals surface area (Å²) in [6, 6.07) is 0. The Labute approximate surface area is 77.3 Å². The van der Waals surface area contributed by atoms with Gasteiger partial charge in [-0.25, -0.2) is 0 Å². The van der Waals surface area contributed by atoms with E-state index in [9.17, 15) is 22.8 Å². The van der Waals surface area contributed by atoms with Gasteiger partial charge in [-0.1, -0.05) is 0 Å². The van der Waals surface area contributed by atoms with Gasteiger partial charge in [0.2, 0.25) is 0 Å². The highest BCUT2D eigenvalue weighted by Gasteiger charge is 2.45. The fourth-order valence-electron chi connectivity index (χ4n) is 1.33. The molecular weight excluding hydrogens is 203 g/mol. The minimum absolute atomic E-state index is 0.0805. The molecule has 0 aromatic heterocycles. The highest BCUT2D eigenvalue weighted by Crippen LogP contribution is 2.24. The van der Waals surface area contributed by atoms with E-state index in [2.05, 4.69) is 0 Å². The number of alkyl halides is 3. The van der Waals surface area contributed by atoms with Gasteiger partial charge in [-0.05, 0) is 6.42 Å². The van der Waals surface area contributed by atoms with E-state index in [0.717, 1.165) is 0 Å². The number of carboxylic acid groups (broad SMARTS) is 1. The molecule has 1 aliphatic rings. The van der Waals surface area contributed by atoms with Crippen LogP contribution in [0, 0.1) is 5.92 Å². The Kier molecular flexibility index (Phi) is 2.68. The smallest absolute Gasteiger partial charge is 0.471 e. The summed E-state index contributed by atoms with van der Waals surface area (Å²) in [4.78, 5) is 21.6. The number of likely N-dealkylation sites (tertiary alicyclic amines) is 1. The van der Waals surface area contributed by atoms with Gasteiger partial charge in [-0.3, -0.25) is 9.59 Å². The number of carbonyl (C=O) groups excluding carboxylic acids is 1. The molecule has 14 heavy (non-hydrogen) atoms. The maximum atomic E-state index is 11.9. The fourth-order valence-corrected chi connectivity index (χ4v) is 1.33. The van der Waals surface area contributed by atoms with Crippen molar-refractivity contribution in [1.29, 1.82) is 0 Å². The van der Waals surface area contributed by atoms with E-state index in [-0.39, 0.29) is 19.5 Å². The van der Waals surface area contributed by atoms with Crippen LogP contribution in [0.3, 0.4) is 0 Å². The molecule has 0 aromatic carbocycles. The Bertz CT molecular complexity index is 263. The van der Waals surface area contributed by atoms with E-state index < -0.39 is 24.0 Å². The number of hydrogen-bond donors (Lipinski definition) is 1. The first-order valence-electron chi connectivity index (χ1n) is 3.91. The normalized spacial score (nSPS) is 22.5. The molecule has 1 N–H and O–H groups in total. The summed E-state index contributed by atoms with van der Waals surface area (Å²) in [5, 5.41) is 8.50. The number of carbonyl (C=O) groups is 2. The zero-order valence-electron chi connectivity index (χ0n) is 7.04. The first-order chi connectivity index (χ1) is 6.32. The quantitative estimate of drug-likeness (QED) is 0.686. The van der Waals surface area contributed by atoms with Crippen molar-refractivity contribution in [3.63, 3.8) is 0 Å².